The van der Waals surface area contributed by atoms with Gasteiger partial charge in [-0.15, -0.1) is 0 Å². The van der Waals surface area contributed by atoms with Crippen molar-refractivity contribution in [1.82, 2.24) is 5.43 Å². The molecule has 0 aliphatic carbocycles. The van der Waals surface area contributed by atoms with Crippen LogP contribution in [0.15, 0.2) is 18.2 Å². The van der Waals surface area contributed by atoms with Crippen molar-refractivity contribution in [2.45, 2.75) is 13.0 Å². The zero-order valence-electron chi connectivity index (χ0n) is 8.57. The van der Waals surface area contributed by atoms with E-state index in [1.54, 1.807) is 0 Å². The largest absolute Gasteiger partial charge is 0.481 e. The molecule has 16 heavy (non-hydrogen) atoms. The second-order valence-corrected chi connectivity index (χ2v) is 3.11. The maximum absolute atomic E-state index is 13.0. The van der Waals surface area contributed by atoms with Gasteiger partial charge in [-0.25, -0.2) is 10.2 Å². The molecular weight excluding hydrogens is 215 g/mol. The molecule has 3 N–H and O–H groups in total. The quantitative estimate of drug-likeness (QED) is 0.337. The van der Waals surface area contributed by atoms with Gasteiger partial charge in [0.15, 0.2) is 6.10 Å². The molecule has 86 valence electrons. The number of halogens is 1. The van der Waals surface area contributed by atoms with E-state index < -0.39 is 17.8 Å². The third-order valence-corrected chi connectivity index (χ3v) is 1.85. The fraction of sp³-hybridized carbons (Fsp3) is 0.200. The van der Waals surface area contributed by atoms with Crippen molar-refractivity contribution in [3.63, 3.8) is 0 Å². The van der Waals surface area contributed by atoms with Gasteiger partial charge in [0.2, 0.25) is 0 Å². The molecule has 0 aliphatic heterocycles. The lowest BCUT2D eigenvalue weighted by molar-refractivity contribution is -0.127. The highest BCUT2D eigenvalue weighted by molar-refractivity contribution is 5.80. The van der Waals surface area contributed by atoms with Gasteiger partial charge in [-0.05, 0) is 19.1 Å². The average molecular weight is 226 g/mol. The SMILES string of the molecule is CC(Oc1cc(F)cc(C=O)c1)C(=O)NN. The minimum absolute atomic E-state index is 0.0956. The van der Waals surface area contributed by atoms with Gasteiger partial charge in [0.25, 0.3) is 5.91 Å². The number of rotatable bonds is 4. The molecule has 1 atom stereocenters. The molecule has 0 bridgehead atoms. The van der Waals surface area contributed by atoms with E-state index in [4.69, 9.17) is 10.6 Å². The number of carbonyl (C=O) groups excluding carboxylic acids is 2. The van der Waals surface area contributed by atoms with Gasteiger partial charge in [0.05, 0.1) is 0 Å². The smallest absolute Gasteiger partial charge is 0.274 e. The molecule has 0 fully saturated rings. The molecule has 1 rings (SSSR count). The lowest BCUT2D eigenvalue weighted by atomic mass is 10.2. The summed E-state index contributed by atoms with van der Waals surface area (Å²) in [5, 5.41) is 0. The van der Waals surface area contributed by atoms with Crippen LogP contribution >= 0.6 is 0 Å². The number of hydrogen-bond acceptors (Lipinski definition) is 4. The maximum Gasteiger partial charge on any atom is 0.274 e. The van der Waals surface area contributed by atoms with Crippen LogP contribution in [0, 0.1) is 5.82 Å². The number of amides is 1. The number of hydrazine groups is 1. The van der Waals surface area contributed by atoms with E-state index in [1.165, 1.54) is 13.0 Å². The second kappa shape index (κ2) is 5.22. The molecule has 1 aromatic carbocycles. The van der Waals surface area contributed by atoms with Crippen molar-refractivity contribution in [3.05, 3.63) is 29.6 Å². The molecule has 0 heterocycles. The minimum atomic E-state index is -0.869. The number of carbonyl (C=O) groups is 2. The van der Waals surface area contributed by atoms with Crippen LogP contribution < -0.4 is 16.0 Å². The second-order valence-electron chi connectivity index (χ2n) is 3.11. The Morgan fingerprint density at radius 3 is 2.81 bits per heavy atom. The standard InChI is InChI=1S/C10H11FN2O3/c1-6(10(15)13-12)16-9-3-7(5-14)2-8(11)4-9/h2-6H,12H2,1H3,(H,13,15). The fourth-order valence-corrected chi connectivity index (χ4v) is 1.10. The molecule has 5 nitrogen and oxygen atoms in total. The predicted octanol–water partition coefficient (Wildman–Crippen LogP) is 0.395. The van der Waals surface area contributed by atoms with Crippen LogP contribution in [-0.4, -0.2) is 18.3 Å². The molecule has 0 aliphatic rings. The first-order valence-electron chi connectivity index (χ1n) is 4.49. The van der Waals surface area contributed by atoms with Crippen molar-refractivity contribution in [3.8, 4) is 5.75 Å². The molecule has 0 saturated heterocycles. The lowest BCUT2D eigenvalue weighted by Crippen LogP contribution is -2.40. The van der Waals surface area contributed by atoms with E-state index in [-0.39, 0.29) is 11.3 Å². The number of benzene rings is 1. The Labute approximate surface area is 91.4 Å². The van der Waals surface area contributed by atoms with Gasteiger partial charge in [0.1, 0.15) is 17.9 Å². The Morgan fingerprint density at radius 2 is 2.25 bits per heavy atom. The first kappa shape index (κ1) is 12.1. The number of nitrogens with two attached hydrogens (primary N) is 1. The summed E-state index contributed by atoms with van der Waals surface area (Å²) in [5.41, 5.74) is 2.04. The summed E-state index contributed by atoms with van der Waals surface area (Å²) in [6.45, 7) is 1.45. The molecule has 0 saturated carbocycles. The number of ether oxygens (including phenoxy) is 1. The summed E-state index contributed by atoms with van der Waals surface area (Å²) >= 11 is 0. The van der Waals surface area contributed by atoms with Crippen LogP contribution in [0.3, 0.4) is 0 Å². The van der Waals surface area contributed by atoms with E-state index in [9.17, 15) is 14.0 Å². The molecule has 0 spiro atoms. The van der Waals surface area contributed by atoms with E-state index in [0.717, 1.165) is 12.1 Å². The average Bonchev–Trinajstić information content (AvgIpc) is 2.26. The zero-order valence-corrected chi connectivity index (χ0v) is 8.57. The normalized spacial score (nSPS) is 11.7. The van der Waals surface area contributed by atoms with Gasteiger partial charge in [-0.2, -0.15) is 0 Å². The van der Waals surface area contributed by atoms with Crippen LogP contribution in [0.25, 0.3) is 0 Å². The molecule has 1 unspecified atom stereocenters. The van der Waals surface area contributed by atoms with Crippen LogP contribution in [0.4, 0.5) is 4.39 Å². The molecule has 0 aromatic heterocycles. The Balaban J connectivity index is 2.84. The van der Waals surface area contributed by atoms with Crippen molar-refractivity contribution in [2.75, 3.05) is 0 Å². The fourth-order valence-electron chi connectivity index (χ4n) is 1.10. The number of nitrogens with one attached hydrogen (secondary N) is 1. The van der Waals surface area contributed by atoms with Gasteiger partial charge < -0.3 is 4.74 Å². The number of hydrogen-bond donors (Lipinski definition) is 2. The highest BCUT2D eigenvalue weighted by Crippen LogP contribution is 2.16. The highest BCUT2D eigenvalue weighted by atomic mass is 19.1. The highest BCUT2D eigenvalue weighted by Gasteiger charge is 2.13. The van der Waals surface area contributed by atoms with Crippen molar-refractivity contribution in [2.24, 2.45) is 5.84 Å². The Morgan fingerprint density at radius 1 is 1.56 bits per heavy atom. The van der Waals surface area contributed by atoms with Gasteiger partial charge in [0, 0.05) is 11.6 Å². The van der Waals surface area contributed by atoms with Gasteiger partial charge in [-0.3, -0.25) is 15.0 Å². The van der Waals surface area contributed by atoms with Crippen LogP contribution in [0.1, 0.15) is 17.3 Å². The Kier molecular flexibility index (Phi) is 3.96. The summed E-state index contributed by atoms with van der Waals surface area (Å²) in [6.07, 6.45) is -0.379. The Bertz CT molecular complexity index is 409. The number of aldehydes is 1. The topological polar surface area (TPSA) is 81.4 Å². The first-order valence-corrected chi connectivity index (χ1v) is 4.49. The summed E-state index contributed by atoms with van der Waals surface area (Å²) < 4.78 is 18.1. The van der Waals surface area contributed by atoms with Crippen molar-refractivity contribution < 1.29 is 18.7 Å². The summed E-state index contributed by atoms with van der Waals surface area (Å²) in [6, 6.07) is 3.47. The van der Waals surface area contributed by atoms with Crippen LogP contribution in [0.2, 0.25) is 0 Å². The third kappa shape index (κ3) is 3.03. The van der Waals surface area contributed by atoms with E-state index >= 15 is 0 Å². The van der Waals surface area contributed by atoms with Gasteiger partial charge in [-0.1, -0.05) is 0 Å². The maximum atomic E-state index is 13.0. The van der Waals surface area contributed by atoms with E-state index in [1.807, 2.05) is 5.43 Å². The van der Waals surface area contributed by atoms with Crippen molar-refractivity contribution in [1.29, 1.82) is 0 Å². The molecule has 1 aromatic rings. The van der Waals surface area contributed by atoms with Gasteiger partial charge >= 0.3 is 0 Å². The lowest BCUT2D eigenvalue weighted by Gasteiger charge is -2.13. The molecular formula is C10H11FN2O3. The molecule has 0 radical (unpaired) electrons. The zero-order chi connectivity index (χ0) is 12.1. The van der Waals surface area contributed by atoms with E-state index in [0.29, 0.717) is 6.29 Å². The summed E-state index contributed by atoms with van der Waals surface area (Å²) in [5.74, 6) is 3.84. The summed E-state index contributed by atoms with van der Waals surface area (Å²) in [7, 11) is 0. The van der Waals surface area contributed by atoms with Crippen LogP contribution in [0.5, 0.6) is 5.75 Å². The Hall–Kier alpha value is -1.95. The summed E-state index contributed by atoms with van der Waals surface area (Å²) in [4.78, 5) is 21.5. The predicted molar refractivity (Wildman–Crippen MR) is 54.2 cm³/mol. The van der Waals surface area contributed by atoms with Crippen molar-refractivity contribution >= 4 is 12.2 Å². The first-order chi connectivity index (χ1) is 7.56. The molecule has 6 heteroatoms. The monoisotopic (exact) mass is 226 g/mol. The van der Waals surface area contributed by atoms with Crippen LogP contribution in [-0.2, 0) is 4.79 Å². The minimum Gasteiger partial charge on any atom is -0.481 e. The molecule has 1 amide bonds. The third-order valence-electron chi connectivity index (χ3n) is 1.85. The van der Waals surface area contributed by atoms with E-state index in [2.05, 4.69) is 0 Å².